The maximum absolute atomic E-state index is 12.3. The maximum Gasteiger partial charge on any atom is 0.272 e. The summed E-state index contributed by atoms with van der Waals surface area (Å²) in [6.07, 6.45) is 0. The Kier molecular flexibility index (Phi) is 5.21. The summed E-state index contributed by atoms with van der Waals surface area (Å²) in [4.78, 5) is 12.3. The Hall–Kier alpha value is -1.85. The molecular formula is C16H20ClN3O2. The molecule has 2 rings (SSSR count). The van der Waals surface area contributed by atoms with Crippen molar-refractivity contribution >= 4 is 17.5 Å². The molecule has 0 aliphatic rings. The fourth-order valence-electron chi connectivity index (χ4n) is 2.29. The molecule has 5 nitrogen and oxygen atoms in total. The summed E-state index contributed by atoms with van der Waals surface area (Å²) in [6, 6.07) is 8.29. The molecule has 0 saturated carbocycles. The number of aromatic nitrogens is 2. The van der Waals surface area contributed by atoms with Crippen LogP contribution in [-0.2, 0) is 7.05 Å². The van der Waals surface area contributed by atoms with Gasteiger partial charge in [0.15, 0.2) is 0 Å². The number of aryl methyl sites for hydroxylation is 1. The number of hydrogen-bond donors (Lipinski definition) is 2. The van der Waals surface area contributed by atoms with E-state index in [1.54, 1.807) is 35.0 Å². The molecule has 2 aromatic rings. The van der Waals surface area contributed by atoms with Crippen LogP contribution in [0.3, 0.4) is 0 Å². The van der Waals surface area contributed by atoms with Crippen LogP contribution in [0, 0.1) is 0 Å². The summed E-state index contributed by atoms with van der Waals surface area (Å²) < 4.78 is 1.70. The van der Waals surface area contributed by atoms with Crippen molar-refractivity contribution in [2.45, 2.75) is 25.8 Å². The van der Waals surface area contributed by atoms with Gasteiger partial charge in [0.1, 0.15) is 5.69 Å². The second-order valence-corrected chi connectivity index (χ2v) is 5.93. The molecular weight excluding hydrogens is 302 g/mol. The molecule has 1 amide bonds. The van der Waals surface area contributed by atoms with Crippen LogP contribution in [0.25, 0.3) is 0 Å². The zero-order valence-electron chi connectivity index (χ0n) is 12.9. The Morgan fingerprint density at radius 1 is 1.36 bits per heavy atom. The fourth-order valence-corrected chi connectivity index (χ4v) is 2.42. The number of carbonyl (C=O) groups excluding carboxylic acids is 1. The first-order valence-electron chi connectivity index (χ1n) is 7.13. The number of nitrogens with zero attached hydrogens (tertiary/aromatic N) is 2. The first-order valence-corrected chi connectivity index (χ1v) is 7.51. The van der Waals surface area contributed by atoms with Crippen molar-refractivity contribution in [3.63, 3.8) is 0 Å². The zero-order chi connectivity index (χ0) is 16.3. The van der Waals surface area contributed by atoms with Gasteiger partial charge in [0.05, 0.1) is 12.6 Å². The molecule has 6 heteroatoms. The summed E-state index contributed by atoms with van der Waals surface area (Å²) >= 11 is 5.85. The van der Waals surface area contributed by atoms with E-state index in [4.69, 9.17) is 11.6 Å². The quantitative estimate of drug-likeness (QED) is 0.889. The molecule has 2 N–H and O–H groups in total. The Balaban J connectivity index is 2.15. The van der Waals surface area contributed by atoms with Crippen molar-refractivity contribution in [1.29, 1.82) is 0 Å². The summed E-state index contributed by atoms with van der Waals surface area (Å²) in [7, 11) is 1.81. The lowest BCUT2D eigenvalue weighted by Gasteiger charge is -2.16. The topological polar surface area (TPSA) is 67.2 Å². The van der Waals surface area contributed by atoms with Crippen LogP contribution >= 0.6 is 11.6 Å². The summed E-state index contributed by atoms with van der Waals surface area (Å²) in [5.74, 6) is -0.0274. The molecule has 1 aromatic heterocycles. The van der Waals surface area contributed by atoms with Crippen LogP contribution in [0.5, 0.6) is 0 Å². The van der Waals surface area contributed by atoms with Crippen LogP contribution in [0.15, 0.2) is 30.3 Å². The van der Waals surface area contributed by atoms with Crippen molar-refractivity contribution in [3.8, 4) is 0 Å². The number of aliphatic hydroxyl groups excluding tert-OH is 1. The van der Waals surface area contributed by atoms with Gasteiger partial charge in [-0.05, 0) is 29.7 Å². The molecule has 1 atom stereocenters. The van der Waals surface area contributed by atoms with E-state index >= 15 is 0 Å². The third-order valence-corrected chi connectivity index (χ3v) is 3.75. The summed E-state index contributed by atoms with van der Waals surface area (Å²) in [5.41, 5.74) is 2.12. The van der Waals surface area contributed by atoms with E-state index in [9.17, 15) is 9.90 Å². The normalized spacial score (nSPS) is 12.5. The molecule has 1 heterocycles. The molecule has 0 radical (unpaired) electrons. The Labute approximate surface area is 134 Å². The average molecular weight is 322 g/mol. The number of benzene rings is 1. The minimum Gasteiger partial charge on any atom is -0.394 e. The van der Waals surface area contributed by atoms with Gasteiger partial charge in [-0.15, -0.1) is 0 Å². The third kappa shape index (κ3) is 3.67. The molecule has 118 valence electrons. The largest absolute Gasteiger partial charge is 0.394 e. The van der Waals surface area contributed by atoms with Gasteiger partial charge in [0, 0.05) is 17.8 Å². The molecule has 0 spiro atoms. The molecule has 1 unspecified atom stereocenters. The van der Waals surface area contributed by atoms with Crippen molar-refractivity contribution in [2.24, 2.45) is 7.05 Å². The van der Waals surface area contributed by atoms with Crippen molar-refractivity contribution in [3.05, 3.63) is 52.3 Å². The third-order valence-electron chi connectivity index (χ3n) is 3.50. The SMILES string of the molecule is CC(C)c1cc(C(=O)NC(CO)c2ccc(Cl)cc2)nn1C. The highest BCUT2D eigenvalue weighted by molar-refractivity contribution is 6.30. The number of nitrogens with one attached hydrogen (secondary N) is 1. The van der Waals surface area contributed by atoms with Crippen LogP contribution in [-0.4, -0.2) is 27.4 Å². The lowest BCUT2D eigenvalue weighted by atomic mass is 10.1. The molecule has 1 aromatic carbocycles. The lowest BCUT2D eigenvalue weighted by Crippen LogP contribution is -2.31. The zero-order valence-corrected chi connectivity index (χ0v) is 13.6. The molecule has 0 fully saturated rings. The average Bonchev–Trinajstić information content (AvgIpc) is 2.88. The van der Waals surface area contributed by atoms with E-state index in [2.05, 4.69) is 10.4 Å². The smallest absolute Gasteiger partial charge is 0.272 e. The number of hydrogen-bond acceptors (Lipinski definition) is 3. The van der Waals surface area contributed by atoms with Gasteiger partial charge < -0.3 is 10.4 Å². The molecule has 0 aliphatic carbocycles. The van der Waals surface area contributed by atoms with Gasteiger partial charge in [-0.25, -0.2) is 0 Å². The second kappa shape index (κ2) is 6.94. The van der Waals surface area contributed by atoms with Crippen molar-refractivity contribution < 1.29 is 9.90 Å². The predicted molar refractivity (Wildman–Crippen MR) is 86.0 cm³/mol. The van der Waals surface area contributed by atoms with Crippen molar-refractivity contribution in [1.82, 2.24) is 15.1 Å². The first-order chi connectivity index (χ1) is 10.4. The van der Waals surface area contributed by atoms with E-state index in [0.29, 0.717) is 10.7 Å². The molecule has 22 heavy (non-hydrogen) atoms. The summed E-state index contributed by atoms with van der Waals surface area (Å²) in [5, 5.41) is 17.1. The lowest BCUT2D eigenvalue weighted by molar-refractivity contribution is 0.0910. The van der Waals surface area contributed by atoms with Gasteiger partial charge >= 0.3 is 0 Å². The Morgan fingerprint density at radius 2 is 2.00 bits per heavy atom. The van der Waals surface area contributed by atoms with Gasteiger partial charge in [-0.1, -0.05) is 37.6 Å². The monoisotopic (exact) mass is 321 g/mol. The van der Waals surface area contributed by atoms with Crippen LogP contribution in [0.1, 0.15) is 47.6 Å². The number of halogens is 1. The van der Waals surface area contributed by atoms with Gasteiger partial charge in [0.25, 0.3) is 5.91 Å². The maximum atomic E-state index is 12.3. The minimum atomic E-state index is -0.491. The van der Waals surface area contributed by atoms with E-state index in [-0.39, 0.29) is 18.4 Å². The van der Waals surface area contributed by atoms with Gasteiger partial charge in [-0.2, -0.15) is 5.10 Å². The highest BCUT2D eigenvalue weighted by atomic mass is 35.5. The highest BCUT2D eigenvalue weighted by Crippen LogP contribution is 2.18. The highest BCUT2D eigenvalue weighted by Gasteiger charge is 2.19. The number of carbonyl (C=O) groups is 1. The van der Waals surface area contributed by atoms with E-state index < -0.39 is 6.04 Å². The molecule has 0 aliphatic heterocycles. The first kappa shape index (κ1) is 16.5. The standard InChI is InChI=1S/C16H20ClN3O2/c1-10(2)15-8-13(19-20(15)3)16(22)18-14(9-21)11-4-6-12(17)7-5-11/h4-8,10,14,21H,9H2,1-3H3,(H,18,22). The fraction of sp³-hybridized carbons (Fsp3) is 0.375. The molecule has 0 saturated heterocycles. The van der Waals surface area contributed by atoms with Gasteiger partial charge in [-0.3, -0.25) is 9.48 Å². The van der Waals surface area contributed by atoms with Crippen LogP contribution in [0.4, 0.5) is 0 Å². The minimum absolute atomic E-state index is 0.197. The van der Waals surface area contributed by atoms with E-state index in [1.165, 1.54) is 0 Å². The van der Waals surface area contributed by atoms with Crippen LogP contribution in [0.2, 0.25) is 5.02 Å². The number of aliphatic hydroxyl groups is 1. The summed E-state index contributed by atoms with van der Waals surface area (Å²) in [6.45, 7) is 3.89. The van der Waals surface area contributed by atoms with Crippen molar-refractivity contribution in [2.75, 3.05) is 6.61 Å². The van der Waals surface area contributed by atoms with Crippen LogP contribution < -0.4 is 5.32 Å². The number of rotatable bonds is 5. The van der Waals surface area contributed by atoms with Gasteiger partial charge in [0.2, 0.25) is 0 Å². The van der Waals surface area contributed by atoms with E-state index in [0.717, 1.165) is 11.3 Å². The van der Waals surface area contributed by atoms with E-state index in [1.807, 2.05) is 20.9 Å². The Bertz CT molecular complexity index is 650. The predicted octanol–water partition coefficient (Wildman–Crippen LogP) is 2.66. The Morgan fingerprint density at radius 3 is 2.50 bits per heavy atom. The second-order valence-electron chi connectivity index (χ2n) is 5.49. The number of amides is 1. The molecule has 0 bridgehead atoms.